The molecule has 0 bridgehead atoms. The topological polar surface area (TPSA) is 30.8 Å². The van der Waals surface area contributed by atoms with E-state index in [4.69, 9.17) is 9.47 Å². The van der Waals surface area contributed by atoms with Gasteiger partial charge in [-0.15, -0.1) is 0 Å². The molecule has 0 unspecified atom stereocenters. The minimum Gasteiger partial charge on any atom is -0.454 e. The van der Waals surface area contributed by atoms with Crippen LogP contribution in [0.1, 0.15) is 53.4 Å². The van der Waals surface area contributed by atoms with Gasteiger partial charge in [0.1, 0.15) is 5.60 Å². The van der Waals surface area contributed by atoms with E-state index in [9.17, 15) is 0 Å². The first kappa shape index (κ1) is 15.8. The maximum Gasteiger partial charge on any atom is 0.383 e. The van der Waals surface area contributed by atoms with Crippen molar-refractivity contribution in [3.05, 3.63) is 23.3 Å². The third-order valence-electron chi connectivity index (χ3n) is 3.27. The second-order valence-electron chi connectivity index (χ2n) is 5.71. The van der Waals surface area contributed by atoms with Crippen molar-refractivity contribution in [3.63, 3.8) is 0 Å². The van der Waals surface area contributed by atoms with Crippen LogP contribution in [0.2, 0.25) is 0 Å². The van der Waals surface area contributed by atoms with Gasteiger partial charge in [0.25, 0.3) is 0 Å². The normalized spacial score (nSPS) is 17.6. The predicted molar refractivity (Wildman–Crippen MR) is 80.5 cm³/mol. The van der Waals surface area contributed by atoms with E-state index in [1.165, 1.54) is 11.1 Å². The van der Waals surface area contributed by atoms with E-state index in [-0.39, 0.29) is 5.60 Å². The van der Waals surface area contributed by atoms with E-state index in [0.29, 0.717) is 6.08 Å². The van der Waals surface area contributed by atoms with E-state index in [1.54, 1.807) is 7.11 Å². The van der Waals surface area contributed by atoms with E-state index < -0.39 is 0 Å². The van der Waals surface area contributed by atoms with Crippen molar-refractivity contribution >= 4 is 6.08 Å². The van der Waals surface area contributed by atoms with Crippen LogP contribution in [0.4, 0.5) is 0 Å². The maximum atomic E-state index is 6.09. The first-order valence-electron chi connectivity index (χ1n) is 7.01. The van der Waals surface area contributed by atoms with Crippen LogP contribution < -0.4 is 0 Å². The number of ether oxygens (including phenoxy) is 2. The Hall–Kier alpha value is -1.25. The molecule has 108 valence electrons. The second kappa shape index (κ2) is 7.37. The zero-order valence-electron chi connectivity index (χ0n) is 13.0. The van der Waals surface area contributed by atoms with Crippen LogP contribution in [-0.2, 0) is 9.47 Å². The SMILES string of the molecule is COC1=NCCCC(CC=C(C)C)(CC=C(C)C)O1. The first-order chi connectivity index (χ1) is 8.97. The Balaban J connectivity index is 2.92. The van der Waals surface area contributed by atoms with Crippen molar-refractivity contribution in [2.75, 3.05) is 13.7 Å². The van der Waals surface area contributed by atoms with Crippen molar-refractivity contribution in [2.24, 2.45) is 4.99 Å². The Kier molecular flexibility index (Phi) is 6.13. The van der Waals surface area contributed by atoms with E-state index in [2.05, 4.69) is 44.8 Å². The Labute approximate surface area is 117 Å². The van der Waals surface area contributed by atoms with Crippen LogP contribution in [0.3, 0.4) is 0 Å². The van der Waals surface area contributed by atoms with Crippen LogP contribution in [0, 0.1) is 0 Å². The number of allylic oxidation sites excluding steroid dienone is 2. The summed E-state index contributed by atoms with van der Waals surface area (Å²) >= 11 is 0. The second-order valence-corrected chi connectivity index (χ2v) is 5.71. The molecule has 0 fully saturated rings. The lowest BCUT2D eigenvalue weighted by atomic mass is 9.88. The molecule has 1 heterocycles. The Bertz CT molecular complexity index is 352. The molecule has 0 atom stereocenters. The summed E-state index contributed by atoms with van der Waals surface area (Å²) in [5, 5.41) is 0. The van der Waals surface area contributed by atoms with Crippen LogP contribution in [0.15, 0.2) is 28.3 Å². The molecule has 0 aromatic rings. The molecule has 0 spiro atoms. The summed E-state index contributed by atoms with van der Waals surface area (Å²) < 4.78 is 11.3. The fourth-order valence-corrected chi connectivity index (χ4v) is 2.10. The molecule has 0 amide bonds. The highest BCUT2D eigenvalue weighted by atomic mass is 16.7. The summed E-state index contributed by atoms with van der Waals surface area (Å²) in [6.07, 6.45) is 8.79. The molecule has 0 aliphatic carbocycles. The number of aliphatic imine (C=N–C) groups is 1. The molecule has 0 saturated heterocycles. The molecular formula is C16H27NO2. The van der Waals surface area contributed by atoms with Crippen molar-refractivity contribution in [1.29, 1.82) is 0 Å². The molecule has 3 nitrogen and oxygen atoms in total. The molecule has 0 saturated carbocycles. The average molecular weight is 265 g/mol. The van der Waals surface area contributed by atoms with Crippen LogP contribution in [0.25, 0.3) is 0 Å². The Morgan fingerprint density at radius 2 is 1.79 bits per heavy atom. The number of rotatable bonds is 4. The summed E-state index contributed by atoms with van der Waals surface area (Å²) in [5.41, 5.74) is 2.43. The van der Waals surface area contributed by atoms with Crippen LogP contribution >= 0.6 is 0 Å². The van der Waals surface area contributed by atoms with Gasteiger partial charge in [0.15, 0.2) is 0 Å². The van der Waals surface area contributed by atoms with Gasteiger partial charge in [-0.25, -0.2) is 4.99 Å². The number of hydrogen-bond acceptors (Lipinski definition) is 3. The zero-order chi connectivity index (χ0) is 14.3. The molecule has 0 N–H and O–H groups in total. The summed E-state index contributed by atoms with van der Waals surface area (Å²) in [6.45, 7) is 9.27. The number of nitrogens with zero attached hydrogens (tertiary/aromatic N) is 1. The molecular weight excluding hydrogens is 238 g/mol. The maximum absolute atomic E-state index is 6.09. The molecule has 0 aromatic heterocycles. The van der Waals surface area contributed by atoms with Crippen molar-refractivity contribution in [2.45, 2.75) is 59.0 Å². The first-order valence-corrected chi connectivity index (χ1v) is 7.01. The van der Waals surface area contributed by atoms with Crippen molar-refractivity contribution < 1.29 is 9.47 Å². The average Bonchev–Trinajstić information content (AvgIpc) is 2.57. The van der Waals surface area contributed by atoms with Gasteiger partial charge < -0.3 is 9.47 Å². The highest BCUT2D eigenvalue weighted by Crippen LogP contribution is 2.31. The Morgan fingerprint density at radius 3 is 2.26 bits per heavy atom. The lowest BCUT2D eigenvalue weighted by Gasteiger charge is -2.31. The van der Waals surface area contributed by atoms with Gasteiger partial charge in [0, 0.05) is 19.4 Å². The van der Waals surface area contributed by atoms with Gasteiger partial charge in [-0.05, 0) is 40.5 Å². The van der Waals surface area contributed by atoms with Gasteiger partial charge in [-0.3, -0.25) is 0 Å². The van der Waals surface area contributed by atoms with E-state index in [0.717, 1.165) is 32.2 Å². The van der Waals surface area contributed by atoms with Gasteiger partial charge in [-0.1, -0.05) is 23.3 Å². The van der Waals surface area contributed by atoms with Gasteiger partial charge in [-0.2, -0.15) is 0 Å². The summed E-state index contributed by atoms with van der Waals surface area (Å²) in [5.74, 6) is 0. The van der Waals surface area contributed by atoms with Crippen LogP contribution in [-0.4, -0.2) is 25.3 Å². The zero-order valence-corrected chi connectivity index (χ0v) is 13.0. The fourth-order valence-electron chi connectivity index (χ4n) is 2.10. The van der Waals surface area contributed by atoms with Gasteiger partial charge in [0.05, 0.1) is 7.11 Å². The number of hydrogen-bond donors (Lipinski definition) is 0. The third kappa shape index (κ3) is 5.50. The summed E-state index contributed by atoms with van der Waals surface area (Å²) in [7, 11) is 1.62. The third-order valence-corrected chi connectivity index (χ3v) is 3.27. The molecule has 0 radical (unpaired) electrons. The lowest BCUT2D eigenvalue weighted by molar-refractivity contribution is 0.0226. The highest BCUT2D eigenvalue weighted by molar-refractivity contribution is 5.67. The largest absolute Gasteiger partial charge is 0.454 e. The minimum atomic E-state index is -0.208. The number of methoxy groups -OCH3 is 1. The predicted octanol–water partition coefficient (Wildman–Crippen LogP) is 4.25. The molecule has 3 heteroatoms. The molecule has 19 heavy (non-hydrogen) atoms. The quantitative estimate of drug-likeness (QED) is 0.711. The van der Waals surface area contributed by atoms with E-state index >= 15 is 0 Å². The van der Waals surface area contributed by atoms with Gasteiger partial charge >= 0.3 is 6.08 Å². The molecule has 1 aliphatic rings. The fraction of sp³-hybridized carbons (Fsp3) is 0.688. The van der Waals surface area contributed by atoms with Gasteiger partial charge in [0.2, 0.25) is 0 Å². The smallest absolute Gasteiger partial charge is 0.383 e. The lowest BCUT2D eigenvalue weighted by Crippen LogP contribution is -2.34. The Morgan fingerprint density at radius 1 is 1.21 bits per heavy atom. The summed E-state index contributed by atoms with van der Waals surface area (Å²) in [6, 6.07) is 0. The van der Waals surface area contributed by atoms with Crippen LogP contribution in [0.5, 0.6) is 0 Å². The van der Waals surface area contributed by atoms with Crippen molar-refractivity contribution in [1.82, 2.24) is 0 Å². The molecule has 0 aromatic carbocycles. The highest BCUT2D eigenvalue weighted by Gasteiger charge is 2.33. The monoisotopic (exact) mass is 265 g/mol. The molecule has 1 rings (SSSR count). The van der Waals surface area contributed by atoms with Crippen molar-refractivity contribution in [3.8, 4) is 0 Å². The standard InChI is InChI=1S/C16H27NO2/c1-13(2)7-10-16(11-8-14(3)4)9-6-12-17-15(18-5)19-16/h7-8H,6,9-12H2,1-5H3. The molecule has 1 aliphatic heterocycles. The minimum absolute atomic E-state index is 0.208. The summed E-state index contributed by atoms with van der Waals surface area (Å²) in [4.78, 5) is 4.32. The van der Waals surface area contributed by atoms with E-state index in [1.807, 2.05) is 0 Å².